The number of fused-ring (bicyclic) bond motifs is 4. The molecule has 0 saturated heterocycles. The number of ether oxygens (including phenoxy) is 2. The highest BCUT2D eigenvalue weighted by atomic mass is 16.5. The van der Waals surface area contributed by atoms with Crippen LogP contribution in [0.15, 0.2) is 33.9 Å². The number of rotatable bonds is 3. The SMILES string of the molecule is Cc1nc(C(=O)Cc2ccc3c(c2)C2(COC(N)=N2)[C@@H]2CCCCC2O3)co1. The van der Waals surface area contributed by atoms with E-state index in [4.69, 9.17) is 24.6 Å². The fraction of sp³-hybridized carbons (Fsp3) is 0.476. The number of nitrogens with two attached hydrogens (primary N) is 1. The molecule has 2 N–H and O–H groups in total. The number of carbonyl (C=O) groups excluding carboxylic acids is 1. The smallest absolute Gasteiger partial charge is 0.283 e. The van der Waals surface area contributed by atoms with E-state index < -0.39 is 5.54 Å². The van der Waals surface area contributed by atoms with Gasteiger partial charge in [-0.15, -0.1) is 0 Å². The number of hydrogen-bond acceptors (Lipinski definition) is 7. The van der Waals surface area contributed by atoms with E-state index in [2.05, 4.69) is 4.98 Å². The Hall–Kier alpha value is -2.83. The zero-order valence-electron chi connectivity index (χ0n) is 15.8. The van der Waals surface area contributed by atoms with Crippen LogP contribution in [0.25, 0.3) is 0 Å². The molecule has 3 heterocycles. The number of amidine groups is 1. The van der Waals surface area contributed by atoms with Gasteiger partial charge < -0.3 is 19.6 Å². The molecule has 0 amide bonds. The first-order valence-electron chi connectivity index (χ1n) is 9.79. The van der Waals surface area contributed by atoms with Crippen LogP contribution in [0.5, 0.6) is 5.75 Å². The van der Waals surface area contributed by atoms with Crippen molar-refractivity contribution in [1.82, 2.24) is 4.98 Å². The molecule has 7 heteroatoms. The Kier molecular flexibility index (Phi) is 3.92. The summed E-state index contributed by atoms with van der Waals surface area (Å²) in [5, 5.41) is 0. The van der Waals surface area contributed by atoms with Crippen LogP contribution in [0.1, 0.15) is 53.2 Å². The molecule has 2 unspecified atom stereocenters. The number of ketones is 1. The fourth-order valence-electron chi connectivity index (χ4n) is 4.82. The molecule has 146 valence electrons. The molecule has 2 aromatic rings. The molecule has 0 bridgehead atoms. The van der Waals surface area contributed by atoms with Crippen molar-refractivity contribution in [3.63, 3.8) is 0 Å². The van der Waals surface area contributed by atoms with Crippen LogP contribution in [-0.4, -0.2) is 29.5 Å². The molecule has 0 radical (unpaired) electrons. The van der Waals surface area contributed by atoms with Crippen molar-refractivity contribution in [3.05, 3.63) is 47.2 Å². The lowest BCUT2D eigenvalue weighted by Crippen LogP contribution is -2.49. The van der Waals surface area contributed by atoms with Crippen LogP contribution < -0.4 is 10.5 Å². The molecule has 1 saturated carbocycles. The predicted molar refractivity (Wildman–Crippen MR) is 101 cm³/mol. The summed E-state index contributed by atoms with van der Waals surface area (Å²) in [4.78, 5) is 21.5. The molecule has 3 atom stereocenters. The third-order valence-corrected chi connectivity index (χ3v) is 6.12. The van der Waals surface area contributed by atoms with Crippen LogP contribution in [-0.2, 0) is 16.7 Å². The zero-order valence-corrected chi connectivity index (χ0v) is 15.8. The first-order valence-corrected chi connectivity index (χ1v) is 9.79. The minimum absolute atomic E-state index is 0.0798. The Labute approximate surface area is 162 Å². The van der Waals surface area contributed by atoms with Crippen molar-refractivity contribution in [2.24, 2.45) is 16.6 Å². The summed E-state index contributed by atoms with van der Waals surface area (Å²) in [5.41, 5.74) is 7.62. The Morgan fingerprint density at radius 3 is 2.93 bits per heavy atom. The van der Waals surface area contributed by atoms with Crippen molar-refractivity contribution in [3.8, 4) is 5.75 Å². The maximum atomic E-state index is 12.6. The third kappa shape index (κ3) is 2.68. The highest BCUT2D eigenvalue weighted by Crippen LogP contribution is 2.52. The molecule has 7 nitrogen and oxygen atoms in total. The standard InChI is InChI=1S/C21H23N3O4/c1-12-23-16(10-26-12)17(25)9-13-6-7-19-15(8-13)21(11-27-20(22)24-21)14-4-2-3-5-18(14)28-19/h6-8,10,14,18H,2-5,9,11H2,1H3,(H2,22,24)/t14-,18?,21?/m1/s1. The third-order valence-electron chi connectivity index (χ3n) is 6.12. The normalized spacial score (nSPS) is 28.1. The van der Waals surface area contributed by atoms with E-state index in [0.717, 1.165) is 42.6 Å². The Balaban J connectivity index is 1.52. The first kappa shape index (κ1) is 17.3. The summed E-state index contributed by atoms with van der Waals surface area (Å²) in [6.45, 7) is 2.15. The molecule has 1 aliphatic carbocycles. The molecular weight excluding hydrogens is 358 g/mol. The number of Topliss-reactive ketones (excluding diaryl/α,β-unsaturated/α-hetero) is 1. The van der Waals surface area contributed by atoms with Gasteiger partial charge in [-0.25, -0.2) is 9.98 Å². The summed E-state index contributed by atoms with van der Waals surface area (Å²) in [6.07, 6.45) is 6.15. The van der Waals surface area contributed by atoms with E-state index >= 15 is 0 Å². The van der Waals surface area contributed by atoms with Crippen molar-refractivity contribution in [2.45, 2.75) is 50.7 Å². The van der Waals surface area contributed by atoms with Crippen LogP contribution >= 0.6 is 0 Å². The number of benzene rings is 1. The first-order chi connectivity index (χ1) is 13.5. The van der Waals surface area contributed by atoms with Crippen molar-refractivity contribution >= 4 is 11.8 Å². The highest BCUT2D eigenvalue weighted by molar-refractivity contribution is 5.95. The van der Waals surface area contributed by atoms with Crippen LogP contribution in [0, 0.1) is 12.8 Å². The van der Waals surface area contributed by atoms with Crippen molar-refractivity contribution in [1.29, 1.82) is 0 Å². The minimum Gasteiger partial charge on any atom is -0.490 e. The summed E-state index contributed by atoms with van der Waals surface area (Å²) in [7, 11) is 0. The van der Waals surface area contributed by atoms with E-state index in [0.29, 0.717) is 18.2 Å². The van der Waals surface area contributed by atoms with Crippen molar-refractivity contribution in [2.75, 3.05) is 6.61 Å². The average molecular weight is 381 g/mol. The molecule has 1 fully saturated rings. The van der Waals surface area contributed by atoms with Gasteiger partial charge in [-0.05, 0) is 37.0 Å². The Morgan fingerprint density at radius 2 is 2.18 bits per heavy atom. The van der Waals surface area contributed by atoms with Crippen LogP contribution in [0.4, 0.5) is 0 Å². The Bertz CT molecular complexity index is 966. The van der Waals surface area contributed by atoms with Crippen LogP contribution in [0.3, 0.4) is 0 Å². The second-order valence-electron chi connectivity index (χ2n) is 7.89. The lowest BCUT2D eigenvalue weighted by Gasteiger charge is -2.46. The van der Waals surface area contributed by atoms with Gasteiger partial charge in [0.1, 0.15) is 36.0 Å². The number of oxazole rings is 1. The predicted octanol–water partition coefficient (Wildman–Crippen LogP) is 2.90. The average Bonchev–Trinajstić information content (AvgIpc) is 3.29. The highest BCUT2D eigenvalue weighted by Gasteiger charge is 2.54. The number of aromatic nitrogens is 1. The summed E-state index contributed by atoms with van der Waals surface area (Å²) in [5.74, 6) is 1.46. The summed E-state index contributed by atoms with van der Waals surface area (Å²) in [6, 6.07) is 6.14. The number of hydrogen-bond donors (Lipinski definition) is 1. The van der Waals surface area contributed by atoms with Crippen LogP contribution in [0.2, 0.25) is 0 Å². The maximum Gasteiger partial charge on any atom is 0.283 e. The molecule has 2 aliphatic heterocycles. The number of aliphatic imine (C=N–C) groups is 1. The lowest BCUT2D eigenvalue weighted by atomic mass is 9.68. The van der Waals surface area contributed by atoms with Gasteiger partial charge in [0, 0.05) is 24.8 Å². The van der Waals surface area contributed by atoms with Gasteiger partial charge >= 0.3 is 0 Å². The molecule has 1 aromatic carbocycles. The summed E-state index contributed by atoms with van der Waals surface area (Å²) < 4.78 is 17.1. The quantitative estimate of drug-likeness (QED) is 0.821. The van der Waals surface area contributed by atoms with E-state index in [1.54, 1.807) is 6.92 Å². The van der Waals surface area contributed by atoms with Gasteiger partial charge in [-0.2, -0.15) is 0 Å². The topological polar surface area (TPSA) is 99.9 Å². The molecular formula is C21H23N3O4. The molecule has 3 aliphatic rings. The monoisotopic (exact) mass is 381 g/mol. The van der Waals surface area contributed by atoms with Gasteiger partial charge in [0.2, 0.25) is 0 Å². The summed E-state index contributed by atoms with van der Waals surface area (Å²) >= 11 is 0. The number of nitrogens with zero attached hydrogens (tertiary/aromatic N) is 2. The Morgan fingerprint density at radius 1 is 1.32 bits per heavy atom. The van der Waals surface area contributed by atoms with E-state index in [1.807, 2.05) is 18.2 Å². The largest absolute Gasteiger partial charge is 0.490 e. The van der Waals surface area contributed by atoms with Gasteiger partial charge in [-0.3, -0.25) is 4.79 Å². The molecule has 5 rings (SSSR count). The van der Waals surface area contributed by atoms with E-state index in [9.17, 15) is 4.79 Å². The number of carbonyl (C=O) groups is 1. The minimum atomic E-state index is -0.522. The fourth-order valence-corrected chi connectivity index (χ4v) is 4.82. The van der Waals surface area contributed by atoms with Gasteiger partial charge in [-0.1, -0.05) is 12.5 Å². The van der Waals surface area contributed by atoms with Gasteiger partial charge in [0.25, 0.3) is 6.02 Å². The van der Waals surface area contributed by atoms with E-state index in [-0.39, 0.29) is 30.2 Å². The second kappa shape index (κ2) is 6.36. The van der Waals surface area contributed by atoms with E-state index in [1.165, 1.54) is 6.26 Å². The van der Waals surface area contributed by atoms with Crippen molar-refractivity contribution < 1.29 is 18.7 Å². The van der Waals surface area contributed by atoms with Gasteiger partial charge in [0.15, 0.2) is 11.7 Å². The molecule has 1 spiro atoms. The second-order valence-corrected chi connectivity index (χ2v) is 7.89. The number of aryl methyl sites for hydroxylation is 1. The lowest BCUT2D eigenvalue weighted by molar-refractivity contribution is 0.00734. The van der Waals surface area contributed by atoms with Gasteiger partial charge in [0.05, 0.1) is 0 Å². The molecule has 1 aromatic heterocycles. The molecule has 28 heavy (non-hydrogen) atoms. The maximum absolute atomic E-state index is 12.6. The zero-order chi connectivity index (χ0) is 19.3.